The van der Waals surface area contributed by atoms with Crippen LogP contribution in [-0.2, 0) is 24.4 Å². The van der Waals surface area contributed by atoms with Crippen LogP contribution >= 0.6 is 24.0 Å². The number of aliphatic imine (C=N–C) groups is 1. The Kier molecular flexibility index (Phi) is 11.7. The number of morpholine rings is 1. The lowest BCUT2D eigenvalue weighted by Gasteiger charge is -2.26. The predicted octanol–water partition coefficient (Wildman–Crippen LogP) is 3.99. The molecule has 0 bridgehead atoms. The zero-order chi connectivity index (χ0) is 21.9. The van der Waals surface area contributed by atoms with Crippen LogP contribution in [0.3, 0.4) is 0 Å². The number of halogens is 3. The van der Waals surface area contributed by atoms with Crippen molar-refractivity contribution in [3.63, 3.8) is 0 Å². The Morgan fingerprint density at radius 3 is 2.59 bits per heavy atom. The summed E-state index contributed by atoms with van der Waals surface area (Å²) in [5, 5.41) is 6.38. The number of hydrogen-bond donors (Lipinski definition) is 2. The minimum absolute atomic E-state index is 0. The number of benzene rings is 2. The number of nitrogens with zero attached hydrogens (tertiary/aromatic N) is 2. The molecule has 176 valence electrons. The van der Waals surface area contributed by atoms with Gasteiger partial charge in [0.05, 0.1) is 19.8 Å². The maximum absolute atomic E-state index is 12.6. The molecule has 0 unspecified atom stereocenters. The highest BCUT2D eigenvalue weighted by molar-refractivity contribution is 14.0. The minimum Gasteiger partial charge on any atom is -0.434 e. The van der Waals surface area contributed by atoms with E-state index in [2.05, 4.69) is 49.5 Å². The Balaban J connectivity index is 0.00000363. The quantitative estimate of drug-likeness (QED) is 0.276. The fourth-order valence-corrected chi connectivity index (χ4v) is 3.40. The number of hydrogen-bond acceptors (Lipinski definition) is 4. The van der Waals surface area contributed by atoms with Crippen molar-refractivity contribution in [2.24, 2.45) is 4.99 Å². The van der Waals surface area contributed by atoms with Crippen LogP contribution in [0.4, 0.5) is 8.78 Å². The van der Waals surface area contributed by atoms with Crippen LogP contribution in [0, 0.1) is 0 Å². The second-order valence-electron chi connectivity index (χ2n) is 7.24. The van der Waals surface area contributed by atoms with Gasteiger partial charge < -0.3 is 20.1 Å². The fraction of sp³-hybridized carbons (Fsp3) is 0.435. The molecule has 6 nitrogen and oxygen atoms in total. The van der Waals surface area contributed by atoms with Crippen molar-refractivity contribution >= 4 is 29.9 Å². The van der Waals surface area contributed by atoms with Crippen LogP contribution in [0.15, 0.2) is 53.5 Å². The lowest BCUT2D eigenvalue weighted by atomic mass is 10.1. The van der Waals surface area contributed by atoms with Gasteiger partial charge in [-0.1, -0.05) is 42.5 Å². The number of guanidine groups is 1. The second kappa shape index (κ2) is 14.2. The summed E-state index contributed by atoms with van der Waals surface area (Å²) < 4.78 is 35.3. The first-order chi connectivity index (χ1) is 15.1. The molecule has 0 spiro atoms. The average Bonchev–Trinajstić information content (AvgIpc) is 2.77. The van der Waals surface area contributed by atoms with Crippen molar-refractivity contribution in [2.75, 3.05) is 32.8 Å². The van der Waals surface area contributed by atoms with E-state index < -0.39 is 6.61 Å². The van der Waals surface area contributed by atoms with E-state index in [1.807, 2.05) is 6.92 Å². The molecule has 1 aliphatic rings. The lowest BCUT2D eigenvalue weighted by molar-refractivity contribution is -0.0504. The van der Waals surface area contributed by atoms with E-state index in [4.69, 9.17) is 4.74 Å². The van der Waals surface area contributed by atoms with E-state index in [9.17, 15) is 8.78 Å². The van der Waals surface area contributed by atoms with Crippen LogP contribution in [0.5, 0.6) is 5.75 Å². The molecule has 1 aliphatic heterocycles. The third kappa shape index (κ3) is 8.87. The van der Waals surface area contributed by atoms with E-state index in [0.717, 1.165) is 38.4 Å². The largest absolute Gasteiger partial charge is 0.434 e. The van der Waals surface area contributed by atoms with Gasteiger partial charge >= 0.3 is 6.61 Å². The Morgan fingerprint density at radius 1 is 1.09 bits per heavy atom. The van der Waals surface area contributed by atoms with Crippen molar-refractivity contribution in [1.82, 2.24) is 15.5 Å². The van der Waals surface area contributed by atoms with E-state index >= 15 is 0 Å². The molecular weight excluding hydrogens is 529 g/mol. The molecule has 0 saturated carbocycles. The van der Waals surface area contributed by atoms with Gasteiger partial charge in [0.2, 0.25) is 0 Å². The summed E-state index contributed by atoms with van der Waals surface area (Å²) in [6, 6.07) is 15.2. The summed E-state index contributed by atoms with van der Waals surface area (Å²) in [6.45, 7) is 5.04. The summed E-state index contributed by atoms with van der Waals surface area (Å²) in [4.78, 5) is 7.03. The highest BCUT2D eigenvalue weighted by atomic mass is 127. The van der Waals surface area contributed by atoms with Gasteiger partial charge in [-0.15, -0.1) is 24.0 Å². The SMILES string of the molecule is CCNC(=NCc1cccc(CN2CCOCC2)c1)NCc1ccccc1OC(F)F.I. The zero-order valence-corrected chi connectivity index (χ0v) is 20.6. The first-order valence-electron chi connectivity index (χ1n) is 10.6. The molecule has 2 aromatic rings. The molecule has 1 heterocycles. The first-order valence-corrected chi connectivity index (χ1v) is 10.6. The van der Waals surface area contributed by atoms with E-state index in [1.54, 1.807) is 18.2 Å². The van der Waals surface area contributed by atoms with Gasteiger partial charge in [-0.05, 0) is 24.1 Å². The van der Waals surface area contributed by atoms with Gasteiger partial charge in [0.25, 0.3) is 0 Å². The maximum Gasteiger partial charge on any atom is 0.387 e. The minimum atomic E-state index is -2.85. The molecular formula is C23H31F2IN4O2. The molecule has 0 amide bonds. The molecule has 0 radical (unpaired) electrons. The summed E-state index contributed by atoms with van der Waals surface area (Å²) in [7, 11) is 0. The molecule has 2 aromatic carbocycles. The Morgan fingerprint density at radius 2 is 1.84 bits per heavy atom. The number of alkyl halides is 2. The first kappa shape index (κ1) is 26.3. The summed E-state index contributed by atoms with van der Waals surface area (Å²) in [5.74, 6) is 0.782. The number of nitrogens with one attached hydrogen (secondary N) is 2. The van der Waals surface area contributed by atoms with Crippen molar-refractivity contribution < 1.29 is 18.3 Å². The molecule has 32 heavy (non-hydrogen) atoms. The van der Waals surface area contributed by atoms with Crippen LogP contribution in [0.2, 0.25) is 0 Å². The van der Waals surface area contributed by atoms with Gasteiger partial charge in [-0.3, -0.25) is 4.90 Å². The van der Waals surface area contributed by atoms with E-state index in [-0.39, 0.29) is 29.7 Å². The van der Waals surface area contributed by atoms with Crippen molar-refractivity contribution in [2.45, 2.75) is 33.2 Å². The number of rotatable bonds is 9. The third-order valence-electron chi connectivity index (χ3n) is 4.90. The molecule has 1 fully saturated rings. The van der Waals surface area contributed by atoms with Gasteiger partial charge in [0.15, 0.2) is 5.96 Å². The summed E-state index contributed by atoms with van der Waals surface area (Å²) in [6.07, 6.45) is 0. The number of ether oxygens (including phenoxy) is 2. The molecule has 9 heteroatoms. The maximum atomic E-state index is 12.6. The second-order valence-corrected chi connectivity index (χ2v) is 7.24. The zero-order valence-electron chi connectivity index (χ0n) is 18.2. The summed E-state index contributed by atoms with van der Waals surface area (Å²) in [5.41, 5.74) is 3.01. The van der Waals surface area contributed by atoms with Gasteiger partial charge in [-0.25, -0.2) is 4.99 Å². The van der Waals surface area contributed by atoms with Crippen LogP contribution in [0.1, 0.15) is 23.6 Å². The van der Waals surface area contributed by atoms with Gasteiger partial charge in [0.1, 0.15) is 5.75 Å². The van der Waals surface area contributed by atoms with E-state index in [1.165, 1.54) is 11.6 Å². The normalized spacial score (nSPS) is 14.7. The standard InChI is InChI=1S/C23H30F2N4O2.HI/c1-2-26-23(28-16-20-8-3-4-9-21(20)31-22(24)25)27-15-18-6-5-7-19(14-18)17-29-10-12-30-13-11-29;/h3-9,14,22H,2,10-13,15-17H2,1H3,(H2,26,27,28);1H. The van der Waals surface area contributed by atoms with Crippen LogP contribution in [-0.4, -0.2) is 50.3 Å². The van der Waals surface area contributed by atoms with E-state index in [0.29, 0.717) is 31.2 Å². The fourth-order valence-electron chi connectivity index (χ4n) is 3.40. The highest BCUT2D eigenvalue weighted by Crippen LogP contribution is 2.20. The smallest absolute Gasteiger partial charge is 0.387 e. The lowest BCUT2D eigenvalue weighted by Crippen LogP contribution is -2.37. The van der Waals surface area contributed by atoms with Crippen molar-refractivity contribution in [3.8, 4) is 5.75 Å². The highest BCUT2D eigenvalue weighted by Gasteiger charge is 2.11. The molecule has 0 atom stereocenters. The monoisotopic (exact) mass is 560 g/mol. The molecule has 0 aliphatic carbocycles. The molecule has 0 aromatic heterocycles. The third-order valence-corrected chi connectivity index (χ3v) is 4.90. The predicted molar refractivity (Wildman–Crippen MR) is 133 cm³/mol. The van der Waals surface area contributed by atoms with Crippen LogP contribution < -0.4 is 15.4 Å². The summed E-state index contributed by atoms with van der Waals surface area (Å²) >= 11 is 0. The van der Waals surface area contributed by atoms with Gasteiger partial charge in [0, 0.05) is 38.3 Å². The molecule has 1 saturated heterocycles. The molecule has 3 rings (SSSR count). The van der Waals surface area contributed by atoms with Crippen molar-refractivity contribution in [3.05, 3.63) is 65.2 Å². The van der Waals surface area contributed by atoms with Gasteiger partial charge in [-0.2, -0.15) is 8.78 Å². The average molecular weight is 560 g/mol. The van der Waals surface area contributed by atoms with Crippen LogP contribution in [0.25, 0.3) is 0 Å². The Bertz CT molecular complexity index is 848. The Hall–Kier alpha value is -1.98. The Labute approximate surface area is 205 Å². The van der Waals surface area contributed by atoms with Crippen molar-refractivity contribution in [1.29, 1.82) is 0 Å². The topological polar surface area (TPSA) is 58.1 Å². The number of para-hydroxylation sites is 1. The molecule has 2 N–H and O–H groups in total.